The summed E-state index contributed by atoms with van der Waals surface area (Å²) >= 11 is 0. The van der Waals surface area contributed by atoms with E-state index in [0.29, 0.717) is 5.41 Å². The van der Waals surface area contributed by atoms with E-state index >= 15 is 0 Å². The number of piperidine rings is 1. The summed E-state index contributed by atoms with van der Waals surface area (Å²) in [6, 6.07) is 0.865. The van der Waals surface area contributed by atoms with Crippen molar-refractivity contribution >= 4 is 0 Å². The summed E-state index contributed by atoms with van der Waals surface area (Å²) in [6.45, 7) is 10.2. The minimum Gasteiger partial charge on any atom is -0.313 e. The molecule has 2 aliphatic carbocycles. The molecule has 2 nitrogen and oxygen atoms in total. The van der Waals surface area contributed by atoms with Gasteiger partial charge in [0, 0.05) is 32.2 Å². The van der Waals surface area contributed by atoms with Gasteiger partial charge in [-0.25, -0.2) is 0 Å². The third-order valence-corrected chi connectivity index (χ3v) is 6.01. The Morgan fingerprint density at radius 3 is 2.14 bits per heavy atom. The van der Waals surface area contributed by atoms with Crippen molar-refractivity contribution in [2.75, 3.05) is 26.2 Å². The monoisotopic (exact) mass is 292 g/mol. The predicted molar refractivity (Wildman–Crippen MR) is 90.5 cm³/mol. The normalized spacial score (nSPS) is 34.6. The molecule has 0 radical (unpaired) electrons. The van der Waals surface area contributed by atoms with E-state index in [4.69, 9.17) is 0 Å². The van der Waals surface area contributed by atoms with Crippen molar-refractivity contribution in [2.24, 2.45) is 17.3 Å². The van der Waals surface area contributed by atoms with Gasteiger partial charge in [0.1, 0.15) is 0 Å². The molecule has 1 saturated heterocycles. The summed E-state index contributed by atoms with van der Waals surface area (Å²) in [6.07, 6.45) is 13.1. The number of rotatable bonds is 5. The predicted octanol–water partition coefficient (Wildman–Crippen LogP) is 4.06. The molecule has 3 rings (SSSR count). The number of nitrogens with zero attached hydrogens (tertiary/aromatic N) is 1. The maximum atomic E-state index is 3.88. The number of likely N-dealkylation sites (tertiary alicyclic amines) is 1. The van der Waals surface area contributed by atoms with E-state index in [2.05, 4.69) is 24.1 Å². The van der Waals surface area contributed by atoms with E-state index < -0.39 is 0 Å². The molecule has 2 unspecified atom stereocenters. The van der Waals surface area contributed by atoms with Crippen LogP contribution in [-0.4, -0.2) is 37.1 Å². The second-order valence-electron chi connectivity index (χ2n) is 8.71. The van der Waals surface area contributed by atoms with Gasteiger partial charge in [0.15, 0.2) is 0 Å². The number of hydrogen-bond donors (Lipinski definition) is 1. The summed E-state index contributed by atoms with van der Waals surface area (Å²) in [7, 11) is 0. The zero-order chi connectivity index (χ0) is 14.7. The van der Waals surface area contributed by atoms with E-state index in [0.717, 1.165) is 17.9 Å². The highest BCUT2D eigenvalue weighted by Crippen LogP contribution is 2.37. The van der Waals surface area contributed by atoms with Crippen molar-refractivity contribution in [1.82, 2.24) is 10.2 Å². The Hall–Kier alpha value is -0.0800. The highest BCUT2D eigenvalue weighted by Gasteiger charge is 2.36. The van der Waals surface area contributed by atoms with E-state index in [1.54, 1.807) is 0 Å². The molecule has 0 aromatic carbocycles. The third-order valence-electron chi connectivity index (χ3n) is 6.01. The standard InChI is InChI=1S/C19H36N2/c1-16-11-17(2)13-21(12-16)15-19(14-20-18-7-8-18)9-5-3-4-6-10-19/h16-18,20H,3-15H2,1-2H3. The fourth-order valence-electron chi connectivity index (χ4n) is 4.91. The molecule has 1 heterocycles. The summed E-state index contributed by atoms with van der Waals surface area (Å²) in [5.74, 6) is 1.79. The Labute approximate surface area is 132 Å². The van der Waals surface area contributed by atoms with Crippen LogP contribution in [0.1, 0.15) is 71.6 Å². The first-order valence-electron chi connectivity index (χ1n) is 9.61. The van der Waals surface area contributed by atoms with E-state index in [1.807, 2.05) is 0 Å². The highest BCUT2D eigenvalue weighted by atomic mass is 15.1. The van der Waals surface area contributed by atoms with Gasteiger partial charge in [0.25, 0.3) is 0 Å². The molecule has 21 heavy (non-hydrogen) atoms. The van der Waals surface area contributed by atoms with Crippen molar-refractivity contribution in [2.45, 2.75) is 77.7 Å². The Morgan fingerprint density at radius 1 is 0.952 bits per heavy atom. The second kappa shape index (κ2) is 7.00. The average Bonchev–Trinajstić information content (AvgIpc) is 3.23. The largest absolute Gasteiger partial charge is 0.313 e. The zero-order valence-corrected chi connectivity index (χ0v) is 14.4. The van der Waals surface area contributed by atoms with Crippen LogP contribution in [-0.2, 0) is 0 Å². The van der Waals surface area contributed by atoms with E-state index in [-0.39, 0.29) is 0 Å². The summed E-state index contributed by atoms with van der Waals surface area (Å²) in [5.41, 5.74) is 0.579. The van der Waals surface area contributed by atoms with Gasteiger partial charge in [-0.05, 0) is 49.4 Å². The molecule has 0 amide bonds. The first kappa shape index (κ1) is 15.8. The van der Waals surface area contributed by atoms with Crippen LogP contribution in [0.3, 0.4) is 0 Å². The lowest BCUT2D eigenvalue weighted by atomic mass is 9.78. The van der Waals surface area contributed by atoms with Crippen LogP contribution in [0.4, 0.5) is 0 Å². The van der Waals surface area contributed by atoms with Crippen molar-refractivity contribution in [3.8, 4) is 0 Å². The van der Waals surface area contributed by atoms with Crippen LogP contribution >= 0.6 is 0 Å². The molecule has 0 aromatic rings. The second-order valence-corrected chi connectivity index (χ2v) is 8.71. The molecule has 2 atom stereocenters. The molecule has 2 heteroatoms. The average molecular weight is 293 g/mol. The van der Waals surface area contributed by atoms with Crippen LogP contribution < -0.4 is 5.32 Å². The first-order valence-corrected chi connectivity index (χ1v) is 9.61. The Bertz CT molecular complexity index is 306. The topological polar surface area (TPSA) is 15.3 Å². The molecule has 0 aromatic heterocycles. The fraction of sp³-hybridized carbons (Fsp3) is 1.00. The SMILES string of the molecule is CC1CC(C)CN(CC2(CNC3CC3)CCCCCC2)C1. The maximum absolute atomic E-state index is 3.88. The molecule has 0 spiro atoms. The summed E-state index contributed by atoms with van der Waals surface area (Å²) in [4.78, 5) is 2.82. The van der Waals surface area contributed by atoms with Gasteiger partial charge >= 0.3 is 0 Å². The van der Waals surface area contributed by atoms with Crippen LogP contribution in [0, 0.1) is 17.3 Å². The molecule has 0 bridgehead atoms. The zero-order valence-electron chi connectivity index (χ0n) is 14.4. The van der Waals surface area contributed by atoms with Gasteiger partial charge in [0.05, 0.1) is 0 Å². The van der Waals surface area contributed by atoms with Crippen LogP contribution in [0.2, 0.25) is 0 Å². The maximum Gasteiger partial charge on any atom is 0.00684 e. The van der Waals surface area contributed by atoms with Gasteiger partial charge in [-0.3, -0.25) is 0 Å². The van der Waals surface area contributed by atoms with E-state index in [9.17, 15) is 0 Å². The minimum absolute atomic E-state index is 0.579. The Balaban J connectivity index is 1.61. The molecule has 1 N–H and O–H groups in total. The third kappa shape index (κ3) is 4.69. The first-order chi connectivity index (χ1) is 10.2. The number of nitrogens with one attached hydrogen (secondary N) is 1. The highest BCUT2D eigenvalue weighted by molar-refractivity contribution is 4.92. The quantitative estimate of drug-likeness (QED) is 0.769. The van der Waals surface area contributed by atoms with Crippen molar-refractivity contribution in [3.05, 3.63) is 0 Å². The summed E-state index contributed by atoms with van der Waals surface area (Å²) < 4.78 is 0. The smallest absolute Gasteiger partial charge is 0.00684 e. The van der Waals surface area contributed by atoms with Crippen LogP contribution in [0.15, 0.2) is 0 Å². The lowest BCUT2D eigenvalue weighted by molar-refractivity contribution is 0.0714. The lowest BCUT2D eigenvalue weighted by Gasteiger charge is -2.43. The minimum atomic E-state index is 0.579. The molecule has 2 saturated carbocycles. The van der Waals surface area contributed by atoms with Crippen molar-refractivity contribution in [3.63, 3.8) is 0 Å². The van der Waals surface area contributed by atoms with Crippen LogP contribution in [0.25, 0.3) is 0 Å². The van der Waals surface area contributed by atoms with Gasteiger partial charge in [0.2, 0.25) is 0 Å². The molecule has 1 aliphatic heterocycles. The van der Waals surface area contributed by atoms with Gasteiger partial charge < -0.3 is 10.2 Å². The van der Waals surface area contributed by atoms with Gasteiger partial charge in [-0.1, -0.05) is 39.5 Å². The molecular weight excluding hydrogens is 256 g/mol. The fourth-order valence-corrected chi connectivity index (χ4v) is 4.91. The molecule has 122 valence electrons. The van der Waals surface area contributed by atoms with Gasteiger partial charge in [-0.15, -0.1) is 0 Å². The van der Waals surface area contributed by atoms with Crippen LogP contribution in [0.5, 0.6) is 0 Å². The molecular formula is C19H36N2. The van der Waals surface area contributed by atoms with Crippen molar-refractivity contribution < 1.29 is 0 Å². The molecule has 3 fully saturated rings. The molecule has 3 aliphatic rings. The Kier molecular flexibility index (Phi) is 5.27. The van der Waals surface area contributed by atoms with Gasteiger partial charge in [-0.2, -0.15) is 0 Å². The Morgan fingerprint density at radius 2 is 1.57 bits per heavy atom. The van der Waals surface area contributed by atoms with Crippen molar-refractivity contribution in [1.29, 1.82) is 0 Å². The lowest BCUT2D eigenvalue weighted by Crippen LogP contribution is -2.48. The van der Waals surface area contributed by atoms with E-state index in [1.165, 1.54) is 84.0 Å². The number of hydrogen-bond acceptors (Lipinski definition) is 2. The summed E-state index contributed by atoms with van der Waals surface area (Å²) in [5, 5.41) is 3.88.